The van der Waals surface area contributed by atoms with E-state index in [1.54, 1.807) is 6.07 Å². The molecule has 2 aromatic carbocycles. The summed E-state index contributed by atoms with van der Waals surface area (Å²) in [5.74, 6) is -0.115. The van der Waals surface area contributed by atoms with Gasteiger partial charge in [-0.25, -0.2) is 9.18 Å². The molecule has 5 nitrogen and oxygen atoms in total. The quantitative estimate of drug-likeness (QED) is 0.140. The van der Waals surface area contributed by atoms with Crippen molar-refractivity contribution < 1.29 is 28.6 Å². The van der Waals surface area contributed by atoms with Gasteiger partial charge >= 0.3 is 11.9 Å². The van der Waals surface area contributed by atoms with E-state index >= 15 is 4.39 Å². The summed E-state index contributed by atoms with van der Waals surface area (Å²) in [7, 11) is 0. The number of benzene rings is 2. The van der Waals surface area contributed by atoms with Crippen LogP contribution in [0.3, 0.4) is 0 Å². The average molecular weight is 553 g/mol. The smallest absolute Gasteiger partial charge is 0.335 e. The molecular weight excluding hydrogens is 507 g/mol. The third-order valence-corrected chi connectivity index (χ3v) is 8.23. The molecule has 218 valence electrons. The van der Waals surface area contributed by atoms with E-state index in [4.69, 9.17) is 14.6 Å². The van der Waals surface area contributed by atoms with Crippen LogP contribution in [-0.2, 0) is 25.5 Å². The van der Waals surface area contributed by atoms with Gasteiger partial charge in [-0.15, -0.1) is 0 Å². The molecule has 0 aromatic heterocycles. The van der Waals surface area contributed by atoms with Gasteiger partial charge in [-0.3, -0.25) is 4.79 Å². The predicted molar refractivity (Wildman–Crippen MR) is 156 cm³/mol. The number of carbonyl (C=O) groups excluding carboxylic acids is 2. The molecule has 0 saturated heterocycles. The minimum absolute atomic E-state index is 0.0367. The Labute approximate surface area is 238 Å². The van der Waals surface area contributed by atoms with Crippen molar-refractivity contribution in [3.05, 3.63) is 71.6 Å². The summed E-state index contributed by atoms with van der Waals surface area (Å²) < 4.78 is 25.7. The lowest BCUT2D eigenvalue weighted by atomic mass is 9.72. The number of aliphatic hydroxyl groups is 1. The molecule has 0 radical (unpaired) electrons. The third kappa shape index (κ3) is 9.58. The molecule has 1 aliphatic carbocycles. The third-order valence-electron chi connectivity index (χ3n) is 8.23. The molecule has 0 spiro atoms. The van der Waals surface area contributed by atoms with E-state index in [1.165, 1.54) is 31.7 Å². The number of aryl methyl sites for hydroxylation is 1. The Balaban J connectivity index is 1.57. The first-order valence-electron chi connectivity index (χ1n) is 14.8. The second kappa shape index (κ2) is 16.3. The van der Waals surface area contributed by atoms with Gasteiger partial charge in [-0.05, 0) is 91.9 Å². The number of aliphatic hydroxyl groups excluding tert-OH is 1. The first kappa shape index (κ1) is 31.5. The number of halogens is 1. The molecule has 2 aromatic rings. The van der Waals surface area contributed by atoms with E-state index in [0.29, 0.717) is 36.8 Å². The van der Waals surface area contributed by atoms with Crippen LogP contribution in [0.4, 0.5) is 4.39 Å². The second-order valence-electron chi connectivity index (χ2n) is 11.1. The lowest BCUT2D eigenvalue weighted by Gasteiger charge is -2.34. The molecule has 0 amide bonds. The Kier molecular flexibility index (Phi) is 12.9. The highest BCUT2D eigenvalue weighted by molar-refractivity contribution is 5.87. The van der Waals surface area contributed by atoms with Crippen LogP contribution in [-0.4, -0.2) is 36.9 Å². The van der Waals surface area contributed by atoms with Crippen LogP contribution in [0.25, 0.3) is 11.1 Å². The zero-order valence-corrected chi connectivity index (χ0v) is 24.1. The summed E-state index contributed by atoms with van der Waals surface area (Å²) in [5, 5.41) is 9.07. The number of esters is 2. The lowest BCUT2D eigenvalue weighted by Crippen LogP contribution is -2.24. The monoisotopic (exact) mass is 552 g/mol. The average Bonchev–Trinajstić information content (AvgIpc) is 2.96. The Morgan fingerprint density at radius 3 is 2.27 bits per heavy atom. The van der Waals surface area contributed by atoms with Crippen molar-refractivity contribution in [2.75, 3.05) is 19.8 Å². The number of rotatable bonds is 15. The molecule has 0 aliphatic heterocycles. The number of hydrogen-bond acceptors (Lipinski definition) is 5. The maximum atomic E-state index is 15.2. The van der Waals surface area contributed by atoms with Crippen molar-refractivity contribution in [1.29, 1.82) is 0 Å². The predicted octanol–water partition coefficient (Wildman–Crippen LogP) is 7.55. The molecule has 0 heterocycles. The van der Waals surface area contributed by atoms with E-state index in [9.17, 15) is 9.59 Å². The Hall–Kier alpha value is -2.99. The summed E-state index contributed by atoms with van der Waals surface area (Å²) in [6.07, 6.45) is 9.92. The second-order valence-corrected chi connectivity index (χ2v) is 11.1. The standard InChI is InChI=1S/C34H45FO5/c1-4-5-6-7-26-8-10-30(11-9-26)32-17-16-31(22-33(32)35)28-14-12-27(13-15-28)29(18-20-39-25(3)37)19-21-40-34(38)24(2)23-36/h8-11,16-17,22,27-29,36H,2,4-7,12-15,18-21,23H2,1,3H3. The van der Waals surface area contributed by atoms with Gasteiger partial charge in [-0.2, -0.15) is 0 Å². The van der Waals surface area contributed by atoms with Crippen LogP contribution < -0.4 is 0 Å². The molecule has 40 heavy (non-hydrogen) atoms. The topological polar surface area (TPSA) is 72.8 Å². The zero-order valence-electron chi connectivity index (χ0n) is 24.1. The maximum Gasteiger partial charge on any atom is 0.335 e. The van der Waals surface area contributed by atoms with Gasteiger partial charge in [0.1, 0.15) is 5.82 Å². The summed E-state index contributed by atoms with van der Waals surface area (Å²) in [6, 6.07) is 14.0. The van der Waals surface area contributed by atoms with Gasteiger partial charge in [0.05, 0.1) is 25.4 Å². The largest absolute Gasteiger partial charge is 0.466 e. The van der Waals surface area contributed by atoms with Crippen LogP contribution in [0, 0.1) is 17.7 Å². The van der Waals surface area contributed by atoms with Gasteiger partial charge in [0, 0.05) is 12.5 Å². The first-order chi connectivity index (χ1) is 19.3. The molecule has 1 atom stereocenters. The van der Waals surface area contributed by atoms with Crippen LogP contribution in [0.1, 0.15) is 88.7 Å². The molecule has 1 fully saturated rings. The van der Waals surface area contributed by atoms with Crippen molar-refractivity contribution >= 4 is 11.9 Å². The normalized spacial score (nSPS) is 17.7. The summed E-state index contributed by atoms with van der Waals surface area (Å²) in [4.78, 5) is 23.1. The minimum atomic E-state index is -0.585. The SMILES string of the molecule is C=C(CO)C(=O)OCCC(CCOC(C)=O)C1CCC(c2ccc(-c3ccc(CCCCC)cc3)c(F)c2)CC1. The van der Waals surface area contributed by atoms with E-state index in [2.05, 4.69) is 31.7 Å². The first-order valence-corrected chi connectivity index (χ1v) is 14.8. The molecule has 6 heteroatoms. The van der Waals surface area contributed by atoms with Crippen molar-refractivity contribution in [3.8, 4) is 11.1 Å². The van der Waals surface area contributed by atoms with Crippen LogP contribution in [0.15, 0.2) is 54.6 Å². The fraction of sp³-hybridized carbons (Fsp3) is 0.529. The number of carbonyl (C=O) groups is 2. The Morgan fingerprint density at radius 2 is 1.68 bits per heavy atom. The van der Waals surface area contributed by atoms with Gasteiger partial charge in [0.15, 0.2) is 0 Å². The highest BCUT2D eigenvalue weighted by Gasteiger charge is 2.29. The lowest BCUT2D eigenvalue weighted by molar-refractivity contribution is -0.141. The minimum Gasteiger partial charge on any atom is -0.466 e. The molecule has 1 saturated carbocycles. The van der Waals surface area contributed by atoms with Crippen LogP contribution >= 0.6 is 0 Å². The van der Waals surface area contributed by atoms with Crippen LogP contribution in [0.5, 0.6) is 0 Å². The number of unbranched alkanes of at least 4 members (excludes halogenated alkanes) is 2. The number of ether oxygens (including phenoxy) is 2. The van der Waals surface area contributed by atoms with Crippen molar-refractivity contribution in [2.45, 2.75) is 84.0 Å². The molecular formula is C34H45FO5. The van der Waals surface area contributed by atoms with Gasteiger partial charge in [0.2, 0.25) is 0 Å². The molecule has 3 rings (SSSR count). The summed E-state index contributed by atoms with van der Waals surface area (Å²) in [5.41, 5.74) is 3.93. The highest BCUT2D eigenvalue weighted by Crippen LogP contribution is 2.41. The van der Waals surface area contributed by atoms with Gasteiger partial charge < -0.3 is 14.6 Å². The van der Waals surface area contributed by atoms with Crippen molar-refractivity contribution in [2.24, 2.45) is 11.8 Å². The molecule has 1 aliphatic rings. The van der Waals surface area contributed by atoms with Gasteiger partial charge in [0.25, 0.3) is 0 Å². The summed E-state index contributed by atoms with van der Waals surface area (Å²) >= 11 is 0. The molecule has 1 N–H and O–H groups in total. The maximum absolute atomic E-state index is 15.2. The Morgan fingerprint density at radius 1 is 1.00 bits per heavy atom. The fourth-order valence-electron chi connectivity index (χ4n) is 5.81. The fourth-order valence-corrected chi connectivity index (χ4v) is 5.81. The Bertz CT molecular complexity index is 1100. The zero-order chi connectivity index (χ0) is 28.9. The van der Waals surface area contributed by atoms with Crippen LogP contribution in [0.2, 0.25) is 0 Å². The highest BCUT2D eigenvalue weighted by atomic mass is 19.1. The van der Waals surface area contributed by atoms with Crippen molar-refractivity contribution in [1.82, 2.24) is 0 Å². The number of hydrogen-bond donors (Lipinski definition) is 1. The molecule has 1 unspecified atom stereocenters. The van der Waals surface area contributed by atoms with Crippen molar-refractivity contribution in [3.63, 3.8) is 0 Å². The van der Waals surface area contributed by atoms with Gasteiger partial charge in [-0.1, -0.05) is 62.7 Å². The van der Waals surface area contributed by atoms with E-state index in [0.717, 1.165) is 43.2 Å². The van der Waals surface area contributed by atoms with E-state index in [1.807, 2.05) is 18.2 Å². The molecule has 0 bridgehead atoms. The van der Waals surface area contributed by atoms with E-state index in [-0.39, 0.29) is 29.9 Å². The summed E-state index contributed by atoms with van der Waals surface area (Å²) in [6.45, 7) is 7.25. The van der Waals surface area contributed by atoms with E-state index < -0.39 is 12.6 Å².